The molecule has 0 aromatic carbocycles. The van der Waals surface area contributed by atoms with E-state index in [0.29, 0.717) is 37.6 Å². The van der Waals surface area contributed by atoms with Gasteiger partial charge in [0.25, 0.3) is 0 Å². The number of hydrogen-bond acceptors (Lipinski definition) is 11. The first-order valence-electron chi connectivity index (χ1n) is 12.3. The molecule has 3 aromatic heterocycles. The Kier molecular flexibility index (Phi) is 6.64. The van der Waals surface area contributed by atoms with Crippen LogP contribution in [0.25, 0.3) is 4.96 Å². The lowest BCUT2D eigenvalue weighted by molar-refractivity contribution is -0.00621. The summed E-state index contributed by atoms with van der Waals surface area (Å²) < 4.78 is 24.7. The molecule has 0 amide bonds. The maximum absolute atomic E-state index is 12.1. The van der Waals surface area contributed by atoms with Crippen LogP contribution < -0.4 is 10.6 Å². The number of nitrogens with zero attached hydrogens (tertiary/aromatic N) is 4. The van der Waals surface area contributed by atoms with Gasteiger partial charge in [0.05, 0.1) is 25.1 Å². The minimum absolute atomic E-state index is 0.128. The van der Waals surface area contributed by atoms with Crippen LogP contribution in [0, 0.1) is 6.92 Å². The summed E-state index contributed by atoms with van der Waals surface area (Å²) in [5, 5.41) is 12.1. The zero-order chi connectivity index (χ0) is 26.3. The van der Waals surface area contributed by atoms with E-state index in [1.807, 2.05) is 29.8 Å². The van der Waals surface area contributed by atoms with Crippen molar-refractivity contribution < 1.29 is 23.4 Å². The SMILES string of the molecule is COC(=O)c1ccc(C2c3c(nc4sc(C)nn34)CCN2C=COC2=CC=CNC2(Cl)C2CNCCO2)o1. The molecule has 3 aromatic rings. The molecule has 2 N–H and O–H groups in total. The molecule has 3 aliphatic heterocycles. The molecule has 3 unspecified atom stereocenters. The number of alkyl halides is 1. The minimum Gasteiger partial charge on any atom is -0.464 e. The summed E-state index contributed by atoms with van der Waals surface area (Å²) in [6.45, 7) is 4.54. The van der Waals surface area contributed by atoms with Crippen LogP contribution in [0.3, 0.4) is 0 Å². The van der Waals surface area contributed by atoms with Crippen LogP contribution in [-0.4, -0.2) is 69.9 Å². The lowest BCUT2D eigenvalue weighted by atomic mass is 10.0. The van der Waals surface area contributed by atoms with Crippen LogP contribution >= 0.6 is 22.9 Å². The highest BCUT2D eigenvalue weighted by Gasteiger charge is 2.44. The standard InChI is InChI=1S/C25H27ClN6O5S/c1-15-30-32-21-16(29-24(32)38-15)7-10-31(22(21)17-5-6-18(37-17)23(33)34-2)11-13-36-19-4-3-8-28-25(19,26)20-14-27-9-12-35-20/h3-6,8,11,13,20,22,27-28H,7,9-10,12,14H2,1-2H3. The van der Waals surface area contributed by atoms with Gasteiger partial charge in [0.15, 0.2) is 5.00 Å². The Bertz CT molecular complexity index is 1440. The Labute approximate surface area is 227 Å². The molecular formula is C25H27ClN6O5S. The van der Waals surface area contributed by atoms with Crippen LogP contribution in [0.4, 0.5) is 0 Å². The van der Waals surface area contributed by atoms with Crippen molar-refractivity contribution in [3.63, 3.8) is 0 Å². The second-order valence-corrected chi connectivity index (χ2v) is 10.8. The number of carbonyl (C=O) groups is 1. The van der Waals surface area contributed by atoms with Crippen molar-refractivity contribution >= 4 is 33.9 Å². The molecular weight excluding hydrogens is 532 g/mol. The summed E-state index contributed by atoms with van der Waals surface area (Å²) in [7, 11) is 1.32. The highest BCUT2D eigenvalue weighted by atomic mass is 35.5. The molecule has 11 nitrogen and oxygen atoms in total. The van der Waals surface area contributed by atoms with E-state index in [4.69, 9.17) is 35.2 Å². The van der Waals surface area contributed by atoms with Gasteiger partial charge < -0.3 is 34.2 Å². The van der Waals surface area contributed by atoms with Crippen molar-refractivity contribution in [3.05, 3.63) is 76.6 Å². The van der Waals surface area contributed by atoms with E-state index < -0.39 is 17.0 Å². The van der Waals surface area contributed by atoms with Crippen molar-refractivity contribution in [1.29, 1.82) is 0 Å². The average molecular weight is 559 g/mol. The second kappa shape index (κ2) is 10.1. The first kappa shape index (κ1) is 25.0. The quantitative estimate of drug-likeness (QED) is 0.202. The number of methoxy groups -OCH3 is 1. The molecule has 1 saturated heterocycles. The van der Waals surface area contributed by atoms with Crippen LogP contribution in [-0.2, 0) is 20.6 Å². The van der Waals surface area contributed by atoms with Gasteiger partial charge in [-0.1, -0.05) is 22.9 Å². The van der Waals surface area contributed by atoms with Gasteiger partial charge in [-0.15, -0.1) is 0 Å². The third-order valence-electron chi connectivity index (χ3n) is 6.71. The first-order valence-corrected chi connectivity index (χ1v) is 13.5. The number of morpholine rings is 1. The van der Waals surface area contributed by atoms with Gasteiger partial charge in [-0.05, 0) is 37.4 Å². The maximum Gasteiger partial charge on any atom is 0.373 e. The van der Waals surface area contributed by atoms with E-state index >= 15 is 0 Å². The number of aromatic nitrogens is 3. The summed E-state index contributed by atoms with van der Waals surface area (Å²) in [6.07, 6.45) is 9.28. The smallest absolute Gasteiger partial charge is 0.373 e. The summed E-state index contributed by atoms with van der Waals surface area (Å²) in [5.74, 6) is 0.679. The number of fused-ring (bicyclic) bond motifs is 3. The number of halogens is 1. The van der Waals surface area contributed by atoms with Gasteiger partial charge in [-0.2, -0.15) is 5.10 Å². The summed E-state index contributed by atoms with van der Waals surface area (Å²) in [5.41, 5.74) is 1.84. The number of esters is 1. The number of hydrogen-bond donors (Lipinski definition) is 2. The molecule has 1 fully saturated rings. The number of rotatable bonds is 6. The lowest BCUT2D eigenvalue weighted by Gasteiger charge is -2.39. The number of ether oxygens (including phenoxy) is 3. The van der Waals surface area contributed by atoms with E-state index in [0.717, 1.165) is 27.9 Å². The van der Waals surface area contributed by atoms with Crippen LogP contribution in [0.15, 0.2) is 53.1 Å². The molecule has 0 spiro atoms. The monoisotopic (exact) mass is 558 g/mol. The number of nitrogens with one attached hydrogen (secondary N) is 2. The van der Waals surface area contributed by atoms with Gasteiger partial charge in [-0.3, -0.25) is 0 Å². The number of allylic oxidation sites excluding steroid dienone is 2. The summed E-state index contributed by atoms with van der Waals surface area (Å²) in [4.78, 5) is 18.8. The number of imidazole rings is 1. The predicted octanol–water partition coefficient (Wildman–Crippen LogP) is 2.84. The Morgan fingerprint density at radius 3 is 3.11 bits per heavy atom. The summed E-state index contributed by atoms with van der Waals surface area (Å²) in [6, 6.07) is 3.00. The zero-order valence-electron chi connectivity index (χ0n) is 20.8. The summed E-state index contributed by atoms with van der Waals surface area (Å²) >= 11 is 8.52. The molecule has 0 bridgehead atoms. The Morgan fingerprint density at radius 2 is 2.29 bits per heavy atom. The van der Waals surface area contributed by atoms with E-state index in [-0.39, 0.29) is 11.9 Å². The van der Waals surface area contributed by atoms with E-state index in [9.17, 15) is 4.79 Å². The van der Waals surface area contributed by atoms with E-state index in [1.165, 1.54) is 18.4 Å². The molecule has 13 heteroatoms. The van der Waals surface area contributed by atoms with Crippen molar-refractivity contribution in [2.45, 2.75) is 30.5 Å². The van der Waals surface area contributed by atoms with Crippen LogP contribution in [0.1, 0.15) is 38.8 Å². The van der Waals surface area contributed by atoms with E-state index in [2.05, 4.69) is 20.6 Å². The predicted molar refractivity (Wildman–Crippen MR) is 140 cm³/mol. The van der Waals surface area contributed by atoms with Crippen LogP contribution in [0.2, 0.25) is 0 Å². The molecule has 3 atom stereocenters. The van der Waals surface area contributed by atoms with Gasteiger partial charge in [-0.25, -0.2) is 14.3 Å². The van der Waals surface area contributed by atoms with Crippen LogP contribution in [0.5, 0.6) is 0 Å². The molecule has 38 heavy (non-hydrogen) atoms. The Morgan fingerprint density at radius 1 is 1.39 bits per heavy atom. The van der Waals surface area contributed by atoms with Gasteiger partial charge in [0.2, 0.25) is 10.7 Å². The number of carbonyl (C=O) groups excluding carboxylic acids is 1. The minimum atomic E-state index is -1.05. The van der Waals surface area contributed by atoms with Crippen molar-refractivity contribution in [2.75, 3.05) is 33.4 Å². The first-order chi connectivity index (χ1) is 18.5. The third kappa shape index (κ3) is 4.37. The Balaban J connectivity index is 1.31. The second-order valence-electron chi connectivity index (χ2n) is 9.06. The largest absolute Gasteiger partial charge is 0.464 e. The Hall–Kier alpha value is -3.32. The third-order valence-corrected chi connectivity index (χ3v) is 8.07. The maximum atomic E-state index is 12.1. The molecule has 0 saturated carbocycles. The topological polar surface area (TPSA) is 115 Å². The highest BCUT2D eigenvalue weighted by molar-refractivity contribution is 7.16. The molecule has 200 valence electrons. The normalized spacial score (nSPS) is 25.3. The zero-order valence-corrected chi connectivity index (χ0v) is 22.4. The fourth-order valence-corrected chi connectivity index (χ4v) is 6.00. The molecule has 0 aliphatic carbocycles. The van der Waals surface area contributed by atoms with Gasteiger partial charge in [0.1, 0.15) is 34.9 Å². The fraction of sp³-hybridized carbons (Fsp3) is 0.400. The highest BCUT2D eigenvalue weighted by Crippen LogP contribution is 2.38. The van der Waals surface area contributed by atoms with Gasteiger partial charge >= 0.3 is 5.97 Å². The molecule has 3 aliphatic rings. The molecule has 6 rings (SSSR count). The van der Waals surface area contributed by atoms with Crippen molar-refractivity contribution in [3.8, 4) is 0 Å². The fourth-order valence-electron chi connectivity index (χ4n) is 4.93. The number of furan rings is 1. The number of aryl methyl sites for hydroxylation is 1. The molecule has 0 radical (unpaired) electrons. The van der Waals surface area contributed by atoms with Crippen molar-refractivity contribution in [2.24, 2.45) is 0 Å². The van der Waals surface area contributed by atoms with Gasteiger partial charge in [0, 0.05) is 32.3 Å². The molecule has 6 heterocycles. The number of dihydropyridines is 1. The lowest BCUT2D eigenvalue weighted by Crippen LogP contribution is -2.58. The average Bonchev–Trinajstić information content (AvgIpc) is 3.64. The van der Waals surface area contributed by atoms with E-state index in [1.54, 1.807) is 24.6 Å². The van der Waals surface area contributed by atoms with Crippen molar-refractivity contribution in [1.82, 2.24) is 30.1 Å².